The van der Waals surface area contributed by atoms with Gasteiger partial charge in [0.15, 0.2) is 0 Å². The van der Waals surface area contributed by atoms with E-state index in [2.05, 4.69) is 0 Å². The van der Waals surface area contributed by atoms with Crippen LogP contribution in [0.1, 0.15) is 17.3 Å². The van der Waals surface area contributed by atoms with E-state index in [-0.39, 0.29) is 31.4 Å². The Morgan fingerprint density at radius 2 is 1.78 bits per heavy atom. The van der Waals surface area contributed by atoms with Gasteiger partial charge < -0.3 is 4.90 Å². The summed E-state index contributed by atoms with van der Waals surface area (Å²) in [6, 6.07) is 7.38. The SMILES string of the molecule is CCSc1ccccc1C(=O)N1CCN(CC(F)(F)F)CC1.Cl. The van der Waals surface area contributed by atoms with Gasteiger partial charge in [0.1, 0.15) is 0 Å². The van der Waals surface area contributed by atoms with Crippen molar-refractivity contribution in [3.05, 3.63) is 29.8 Å². The monoisotopic (exact) mass is 368 g/mol. The average Bonchev–Trinajstić information content (AvgIpc) is 2.47. The first-order valence-corrected chi connectivity index (χ1v) is 8.19. The van der Waals surface area contributed by atoms with Crippen LogP contribution in [0.5, 0.6) is 0 Å². The predicted molar refractivity (Wildman–Crippen MR) is 88.5 cm³/mol. The number of carbonyl (C=O) groups excluding carboxylic acids is 1. The molecule has 23 heavy (non-hydrogen) atoms. The van der Waals surface area contributed by atoms with Gasteiger partial charge in [-0.05, 0) is 17.9 Å². The second kappa shape index (κ2) is 8.80. The van der Waals surface area contributed by atoms with E-state index in [0.717, 1.165) is 10.6 Å². The molecule has 0 aromatic heterocycles. The van der Waals surface area contributed by atoms with Gasteiger partial charge in [0.2, 0.25) is 0 Å². The van der Waals surface area contributed by atoms with E-state index < -0.39 is 12.7 Å². The average molecular weight is 369 g/mol. The van der Waals surface area contributed by atoms with Crippen molar-refractivity contribution < 1.29 is 18.0 Å². The van der Waals surface area contributed by atoms with Gasteiger partial charge in [0.25, 0.3) is 5.91 Å². The molecule has 0 saturated carbocycles. The number of hydrogen-bond acceptors (Lipinski definition) is 3. The molecular weight excluding hydrogens is 349 g/mol. The van der Waals surface area contributed by atoms with Crippen molar-refractivity contribution >= 4 is 30.1 Å². The summed E-state index contributed by atoms with van der Waals surface area (Å²) in [6.45, 7) is 2.29. The first-order chi connectivity index (χ1) is 10.4. The number of carbonyl (C=O) groups is 1. The van der Waals surface area contributed by atoms with Gasteiger partial charge in [-0.3, -0.25) is 9.69 Å². The standard InChI is InChI=1S/C15H19F3N2OS.ClH/c1-2-22-13-6-4-3-5-12(13)14(21)20-9-7-19(8-10-20)11-15(16,17)18;/h3-6H,2,7-11H2,1H3;1H. The zero-order valence-corrected chi connectivity index (χ0v) is 14.4. The minimum absolute atomic E-state index is 0. The van der Waals surface area contributed by atoms with Crippen LogP contribution < -0.4 is 0 Å². The van der Waals surface area contributed by atoms with Gasteiger partial charge in [0.05, 0.1) is 12.1 Å². The van der Waals surface area contributed by atoms with Crippen molar-refractivity contribution in [1.82, 2.24) is 9.80 Å². The van der Waals surface area contributed by atoms with Gasteiger partial charge in [-0.15, -0.1) is 24.2 Å². The lowest BCUT2D eigenvalue weighted by molar-refractivity contribution is -0.148. The van der Waals surface area contributed by atoms with Crippen LogP contribution in [0.15, 0.2) is 29.2 Å². The summed E-state index contributed by atoms with van der Waals surface area (Å²) in [4.78, 5) is 16.5. The Kier molecular flexibility index (Phi) is 7.70. The summed E-state index contributed by atoms with van der Waals surface area (Å²) in [5.41, 5.74) is 0.638. The molecule has 1 aliphatic heterocycles. The normalized spacial score (nSPS) is 16.1. The molecule has 0 aliphatic carbocycles. The molecule has 0 spiro atoms. The lowest BCUT2D eigenvalue weighted by atomic mass is 10.2. The Morgan fingerprint density at radius 1 is 1.17 bits per heavy atom. The highest BCUT2D eigenvalue weighted by molar-refractivity contribution is 7.99. The highest BCUT2D eigenvalue weighted by atomic mass is 35.5. The molecule has 1 heterocycles. The molecule has 3 nitrogen and oxygen atoms in total. The zero-order chi connectivity index (χ0) is 16.2. The molecule has 0 N–H and O–H groups in total. The van der Waals surface area contributed by atoms with E-state index in [1.54, 1.807) is 22.7 Å². The molecule has 0 unspecified atom stereocenters. The number of hydrogen-bond donors (Lipinski definition) is 0. The summed E-state index contributed by atoms with van der Waals surface area (Å²) in [6.07, 6.45) is -4.18. The molecule has 0 bridgehead atoms. The summed E-state index contributed by atoms with van der Waals surface area (Å²) in [7, 11) is 0. The van der Waals surface area contributed by atoms with E-state index in [1.807, 2.05) is 25.1 Å². The van der Waals surface area contributed by atoms with Crippen LogP contribution in [-0.2, 0) is 0 Å². The van der Waals surface area contributed by atoms with E-state index in [0.29, 0.717) is 18.7 Å². The number of rotatable bonds is 4. The third-order valence-electron chi connectivity index (χ3n) is 3.48. The topological polar surface area (TPSA) is 23.6 Å². The Labute approximate surface area is 144 Å². The van der Waals surface area contributed by atoms with Gasteiger partial charge >= 0.3 is 6.18 Å². The smallest absolute Gasteiger partial charge is 0.336 e. The number of piperazine rings is 1. The largest absolute Gasteiger partial charge is 0.401 e. The quantitative estimate of drug-likeness (QED) is 0.759. The van der Waals surface area contributed by atoms with Crippen molar-refractivity contribution in [3.63, 3.8) is 0 Å². The van der Waals surface area contributed by atoms with Crippen molar-refractivity contribution in [2.75, 3.05) is 38.5 Å². The fourth-order valence-corrected chi connectivity index (χ4v) is 3.25. The van der Waals surface area contributed by atoms with Crippen LogP contribution >= 0.6 is 24.2 Å². The second-order valence-electron chi connectivity index (χ2n) is 5.11. The molecule has 1 amide bonds. The van der Waals surface area contributed by atoms with Crippen LogP contribution in [-0.4, -0.2) is 60.4 Å². The van der Waals surface area contributed by atoms with E-state index in [1.165, 1.54) is 4.90 Å². The predicted octanol–water partition coefficient (Wildman–Crippen LogP) is 3.54. The third-order valence-corrected chi connectivity index (χ3v) is 4.44. The molecule has 0 radical (unpaired) electrons. The molecule has 1 saturated heterocycles. The highest BCUT2D eigenvalue weighted by Gasteiger charge is 2.33. The van der Waals surface area contributed by atoms with Crippen LogP contribution in [0.3, 0.4) is 0 Å². The maximum absolute atomic E-state index is 12.6. The first-order valence-electron chi connectivity index (χ1n) is 7.21. The summed E-state index contributed by atoms with van der Waals surface area (Å²) >= 11 is 1.60. The van der Waals surface area contributed by atoms with Crippen LogP contribution in [0.2, 0.25) is 0 Å². The molecule has 1 fully saturated rings. The third kappa shape index (κ3) is 5.90. The highest BCUT2D eigenvalue weighted by Crippen LogP contribution is 2.24. The first kappa shape index (κ1) is 20.1. The second-order valence-corrected chi connectivity index (χ2v) is 6.42. The van der Waals surface area contributed by atoms with Crippen molar-refractivity contribution in [2.45, 2.75) is 18.0 Å². The van der Waals surface area contributed by atoms with Crippen molar-refractivity contribution in [1.29, 1.82) is 0 Å². The zero-order valence-electron chi connectivity index (χ0n) is 12.8. The molecule has 8 heteroatoms. The molecule has 1 aliphatic rings. The van der Waals surface area contributed by atoms with Gasteiger partial charge in [-0.1, -0.05) is 19.1 Å². The van der Waals surface area contributed by atoms with Crippen LogP contribution in [0.25, 0.3) is 0 Å². The van der Waals surface area contributed by atoms with E-state index in [9.17, 15) is 18.0 Å². The fraction of sp³-hybridized carbons (Fsp3) is 0.533. The summed E-state index contributed by atoms with van der Waals surface area (Å²) < 4.78 is 37.1. The lowest BCUT2D eigenvalue weighted by Crippen LogP contribution is -2.51. The maximum atomic E-state index is 12.6. The van der Waals surface area contributed by atoms with Crippen molar-refractivity contribution in [2.24, 2.45) is 0 Å². The Morgan fingerprint density at radius 3 is 2.35 bits per heavy atom. The van der Waals surface area contributed by atoms with Gasteiger partial charge in [-0.25, -0.2) is 0 Å². The number of halogens is 4. The number of benzene rings is 1. The lowest BCUT2D eigenvalue weighted by Gasteiger charge is -2.35. The molecular formula is C15H20ClF3N2OS. The van der Waals surface area contributed by atoms with Gasteiger partial charge in [-0.2, -0.15) is 13.2 Å². The molecule has 130 valence electrons. The number of thioether (sulfide) groups is 1. The Bertz CT molecular complexity index is 520. The summed E-state index contributed by atoms with van der Waals surface area (Å²) in [5, 5.41) is 0. The van der Waals surface area contributed by atoms with Crippen LogP contribution in [0, 0.1) is 0 Å². The summed E-state index contributed by atoms with van der Waals surface area (Å²) in [5.74, 6) is 0.770. The van der Waals surface area contributed by atoms with Crippen LogP contribution in [0.4, 0.5) is 13.2 Å². The number of amides is 1. The number of alkyl halides is 3. The Hall–Kier alpha value is -0.920. The van der Waals surface area contributed by atoms with Crippen molar-refractivity contribution in [3.8, 4) is 0 Å². The van der Waals surface area contributed by atoms with Gasteiger partial charge in [0, 0.05) is 31.1 Å². The molecule has 0 atom stereocenters. The number of nitrogens with zero attached hydrogens (tertiary/aromatic N) is 2. The fourth-order valence-electron chi connectivity index (χ4n) is 2.46. The molecule has 2 rings (SSSR count). The maximum Gasteiger partial charge on any atom is 0.401 e. The minimum Gasteiger partial charge on any atom is -0.336 e. The minimum atomic E-state index is -4.18. The van der Waals surface area contributed by atoms with E-state index >= 15 is 0 Å². The molecule has 1 aromatic rings. The molecule has 1 aromatic carbocycles. The Balaban J connectivity index is 0.00000264. The van der Waals surface area contributed by atoms with E-state index in [4.69, 9.17) is 0 Å².